The Hall–Kier alpha value is -1.47. The molecule has 1 unspecified atom stereocenters. The Morgan fingerprint density at radius 1 is 1.53 bits per heavy atom. The summed E-state index contributed by atoms with van der Waals surface area (Å²) in [7, 11) is 0. The number of hydrogen-bond acceptors (Lipinski definition) is 5. The summed E-state index contributed by atoms with van der Waals surface area (Å²) in [5, 5.41) is 12.3. The van der Waals surface area contributed by atoms with E-state index >= 15 is 0 Å². The number of carboxylic acids is 1. The molecule has 19 heavy (non-hydrogen) atoms. The number of carboxylic acid groups (broad SMARTS) is 1. The minimum absolute atomic E-state index is 0.137. The number of nitrogens with two attached hydrogens (primary N) is 1. The number of carbonyl (C=O) groups is 2. The molecule has 1 aromatic heterocycles. The van der Waals surface area contributed by atoms with Gasteiger partial charge in [0.2, 0.25) is 5.91 Å². The monoisotopic (exact) mass is 285 g/mol. The van der Waals surface area contributed by atoms with Gasteiger partial charge in [0.25, 0.3) is 0 Å². The van der Waals surface area contributed by atoms with Gasteiger partial charge in [0.1, 0.15) is 9.88 Å². The Kier molecular flexibility index (Phi) is 5.02. The van der Waals surface area contributed by atoms with Crippen molar-refractivity contribution in [1.29, 1.82) is 0 Å². The SMILES string of the molecule is CCC(C)(CN)C(=O)NCc1nc(C)c(C(=O)O)s1. The molecular weight excluding hydrogens is 266 g/mol. The minimum Gasteiger partial charge on any atom is -0.477 e. The number of nitrogens with zero attached hydrogens (tertiary/aromatic N) is 1. The molecule has 0 bridgehead atoms. The van der Waals surface area contributed by atoms with Crippen LogP contribution in [0, 0.1) is 12.3 Å². The average molecular weight is 285 g/mol. The van der Waals surface area contributed by atoms with Crippen LogP contribution in [-0.4, -0.2) is 28.5 Å². The maximum atomic E-state index is 12.0. The maximum absolute atomic E-state index is 12.0. The van der Waals surface area contributed by atoms with Gasteiger partial charge in [-0.15, -0.1) is 11.3 Å². The summed E-state index contributed by atoms with van der Waals surface area (Å²) < 4.78 is 0. The predicted molar refractivity (Wildman–Crippen MR) is 73.1 cm³/mol. The second-order valence-corrected chi connectivity index (χ2v) is 5.71. The quantitative estimate of drug-likeness (QED) is 0.727. The lowest BCUT2D eigenvalue weighted by Gasteiger charge is -2.24. The molecule has 0 spiro atoms. The molecule has 7 heteroatoms. The highest BCUT2D eigenvalue weighted by molar-refractivity contribution is 7.13. The molecule has 1 atom stereocenters. The maximum Gasteiger partial charge on any atom is 0.347 e. The number of nitrogens with one attached hydrogen (secondary N) is 1. The normalized spacial score (nSPS) is 13.9. The highest BCUT2D eigenvalue weighted by Crippen LogP contribution is 2.21. The predicted octanol–water partition coefficient (Wildman–Crippen LogP) is 1.14. The van der Waals surface area contributed by atoms with Gasteiger partial charge >= 0.3 is 5.97 Å². The Morgan fingerprint density at radius 3 is 2.58 bits per heavy atom. The van der Waals surface area contributed by atoms with E-state index in [9.17, 15) is 9.59 Å². The lowest BCUT2D eigenvalue weighted by molar-refractivity contribution is -0.130. The fraction of sp³-hybridized carbons (Fsp3) is 0.583. The summed E-state index contributed by atoms with van der Waals surface area (Å²) in [5.41, 5.74) is 5.48. The highest BCUT2D eigenvalue weighted by atomic mass is 32.1. The second-order valence-electron chi connectivity index (χ2n) is 4.63. The van der Waals surface area contributed by atoms with Crippen LogP contribution < -0.4 is 11.1 Å². The van der Waals surface area contributed by atoms with E-state index in [4.69, 9.17) is 10.8 Å². The number of aromatic carboxylic acids is 1. The van der Waals surface area contributed by atoms with Gasteiger partial charge in [-0.2, -0.15) is 0 Å². The smallest absolute Gasteiger partial charge is 0.347 e. The first-order chi connectivity index (χ1) is 8.84. The lowest BCUT2D eigenvalue weighted by Crippen LogP contribution is -2.43. The summed E-state index contributed by atoms with van der Waals surface area (Å²) in [5.74, 6) is -1.13. The topological polar surface area (TPSA) is 105 Å². The number of aryl methyl sites for hydroxylation is 1. The molecule has 1 heterocycles. The zero-order chi connectivity index (χ0) is 14.6. The second kappa shape index (κ2) is 6.12. The molecule has 0 fully saturated rings. The van der Waals surface area contributed by atoms with Crippen LogP contribution in [0.5, 0.6) is 0 Å². The largest absolute Gasteiger partial charge is 0.477 e. The summed E-state index contributed by atoms with van der Waals surface area (Å²) in [6.45, 7) is 5.85. The Bertz CT molecular complexity index is 481. The molecule has 0 aliphatic rings. The molecule has 1 aromatic rings. The van der Waals surface area contributed by atoms with Crippen LogP contribution in [0.25, 0.3) is 0 Å². The molecule has 0 radical (unpaired) electrons. The lowest BCUT2D eigenvalue weighted by atomic mass is 9.87. The zero-order valence-corrected chi connectivity index (χ0v) is 12.1. The molecule has 0 saturated carbocycles. The molecule has 4 N–H and O–H groups in total. The Morgan fingerprint density at radius 2 is 2.16 bits per heavy atom. The molecule has 6 nitrogen and oxygen atoms in total. The third-order valence-corrected chi connectivity index (χ3v) is 4.36. The number of thiazole rings is 1. The zero-order valence-electron chi connectivity index (χ0n) is 11.3. The number of hydrogen-bond donors (Lipinski definition) is 3. The summed E-state index contributed by atoms with van der Waals surface area (Å²) in [6.07, 6.45) is 0.645. The first kappa shape index (κ1) is 15.6. The van der Waals surface area contributed by atoms with E-state index in [0.29, 0.717) is 17.1 Å². The number of carbonyl (C=O) groups excluding carboxylic acids is 1. The van der Waals surface area contributed by atoms with Crippen molar-refractivity contribution in [3.63, 3.8) is 0 Å². The van der Waals surface area contributed by atoms with Gasteiger partial charge in [-0.1, -0.05) is 6.92 Å². The van der Waals surface area contributed by atoms with Gasteiger partial charge in [0.15, 0.2) is 0 Å². The van der Waals surface area contributed by atoms with E-state index in [1.807, 2.05) is 6.92 Å². The van der Waals surface area contributed by atoms with Crippen molar-refractivity contribution < 1.29 is 14.7 Å². The number of rotatable bonds is 6. The van der Waals surface area contributed by atoms with E-state index in [0.717, 1.165) is 11.3 Å². The van der Waals surface area contributed by atoms with E-state index in [2.05, 4.69) is 10.3 Å². The van der Waals surface area contributed by atoms with Crippen LogP contribution in [0.2, 0.25) is 0 Å². The molecule has 0 saturated heterocycles. The standard InChI is InChI=1S/C12H19N3O3S/c1-4-12(3,6-13)11(18)14-5-8-15-7(2)9(19-8)10(16)17/h4-6,13H2,1-3H3,(H,14,18)(H,16,17). The van der Waals surface area contributed by atoms with E-state index in [-0.39, 0.29) is 23.9 Å². The van der Waals surface area contributed by atoms with Crippen LogP contribution in [0.4, 0.5) is 0 Å². The van der Waals surface area contributed by atoms with Gasteiger partial charge in [0, 0.05) is 6.54 Å². The van der Waals surface area contributed by atoms with E-state index in [1.165, 1.54) is 0 Å². The third kappa shape index (κ3) is 3.51. The van der Waals surface area contributed by atoms with Gasteiger partial charge in [-0.25, -0.2) is 9.78 Å². The van der Waals surface area contributed by atoms with Crippen molar-refractivity contribution in [2.75, 3.05) is 6.54 Å². The van der Waals surface area contributed by atoms with E-state index in [1.54, 1.807) is 13.8 Å². The van der Waals surface area contributed by atoms with Crippen molar-refractivity contribution in [3.8, 4) is 0 Å². The highest BCUT2D eigenvalue weighted by Gasteiger charge is 2.29. The molecule has 0 aliphatic carbocycles. The fourth-order valence-corrected chi connectivity index (χ4v) is 2.34. The van der Waals surface area contributed by atoms with Crippen molar-refractivity contribution in [2.24, 2.45) is 11.1 Å². The van der Waals surface area contributed by atoms with Crippen molar-refractivity contribution >= 4 is 23.2 Å². The third-order valence-electron chi connectivity index (χ3n) is 3.21. The van der Waals surface area contributed by atoms with Crippen molar-refractivity contribution in [3.05, 3.63) is 15.6 Å². The fourth-order valence-electron chi connectivity index (χ4n) is 1.49. The van der Waals surface area contributed by atoms with Crippen molar-refractivity contribution in [2.45, 2.75) is 33.7 Å². The number of amides is 1. The van der Waals surface area contributed by atoms with Crippen LogP contribution in [-0.2, 0) is 11.3 Å². The van der Waals surface area contributed by atoms with Crippen LogP contribution in [0.1, 0.15) is 40.6 Å². The van der Waals surface area contributed by atoms with E-state index < -0.39 is 11.4 Å². The van der Waals surface area contributed by atoms with Gasteiger partial charge in [-0.3, -0.25) is 4.79 Å². The van der Waals surface area contributed by atoms with Gasteiger partial charge in [-0.05, 0) is 20.3 Å². The molecule has 1 rings (SSSR count). The minimum atomic E-state index is -0.993. The number of aromatic nitrogens is 1. The van der Waals surface area contributed by atoms with Crippen molar-refractivity contribution in [1.82, 2.24) is 10.3 Å². The van der Waals surface area contributed by atoms with Gasteiger partial charge in [0.05, 0.1) is 17.7 Å². The first-order valence-electron chi connectivity index (χ1n) is 6.02. The molecule has 0 aromatic carbocycles. The summed E-state index contributed by atoms with van der Waals surface area (Å²) in [4.78, 5) is 27.2. The van der Waals surface area contributed by atoms with Crippen LogP contribution >= 0.6 is 11.3 Å². The summed E-state index contributed by atoms with van der Waals surface area (Å²) in [6, 6.07) is 0. The average Bonchev–Trinajstić information content (AvgIpc) is 2.76. The van der Waals surface area contributed by atoms with Crippen LogP contribution in [0.15, 0.2) is 0 Å². The Balaban J connectivity index is 2.70. The summed E-state index contributed by atoms with van der Waals surface area (Å²) >= 11 is 1.08. The van der Waals surface area contributed by atoms with Crippen LogP contribution in [0.3, 0.4) is 0 Å². The molecular formula is C12H19N3O3S. The Labute approximate surface area is 116 Å². The molecule has 1 amide bonds. The molecule has 106 valence electrons. The first-order valence-corrected chi connectivity index (χ1v) is 6.83. The van der Waals surface area contributed by atoms with Gasteiger partial charge < -0.3 is 16.2 Å². The molecule has 0 aliphatic heterocycles.